The molecule has 1 aromatic heterocycles. The molecular weight excluding hydrogens is 234 g/mol. The highest BCUT2D eigenvalue weighted by Crippen LogP contribution is 2.24. The summed E-state index contributed by atoms with van der Waals surface area (Å²) in [6.07, 6.45) is 5.21. The second-order valence-corrected chi connectivity index (χ2v) is 4.62. The lowest BCUT2D eigenvalue weighted by molar-refractivity contribution is -0.0155. The Kier molecular flexibility index (Phi) is 3.86. The first-order valence-electron chi connectivity index (χ1n) is 6.13. The summed E-state index contributed by atoms with van der Waals surface area (Å²) >= 11 is 0. The Hall–Kier alpha value is -1.56. The second kappa shape index (κ2) is 5.39. The standard InChI is InChI=1S/C12H19N3O3/c1-15-11(10(13)7-14-15)12(16)18-9-5-3-4-8(6-9)17-2/h7-9H,3-6,13H2,1-2H3. The van der Waals surface area contributed by atoms with Crippen LogP contribution in [0.4, 0.5) is 5.69 Å². The number of methoxy groups -OCH3 is 1. The summed E-state index contributed by atoms with van der Waals surface area (Å²) in [5.41, 5.74) is 6.36. The van der Waals surface area contributed by atoms with E-state index in [9.17, 15) is 4.79 Å². The maximum Gasteiger partial charge on any atom is 0.359 e. The summed E-state index contributed by atoms with van der Waals surface area (Å²) in [7, 11) is 3.36. The normalized spacial score (nSPS) is 23.9. The van der Waals surface area contributed by atoms with Crippen molar-refractivity contribution in [2.24, 2.45) is 7.05 Å². The second-order valence-electron chi connectivity index (χ2n) is 4.62. The van der Waals surface area contributed by atoms with E-state index >= 15 is 0 Å². The lowest BCUT2D eigenvalue weighted by atomic mass is 9.95. The van der Waals surface area contributed by atoms with Gasteiger partial charge in [-0.25, -0.2) is 4.79 Å². The van der Waals surface area contributed by atoms with Crippen molar-refractivity contribution in [3.05, 3.63) is 11.9 Å². The molecule has 0 spiro atoms. The van der Waals surface area contributed by atoms with Crippen molar-refractivity contribution >= 4 is 11.7 Å². The molecule has 0 saturated heterocycles. The third kappa shape index (κ3) is 2.64. The number of aromatic nitrogens is 2. The van der Waals surface area contributed by atoms with Gasteiger partial charge in [0.2, 0.25) is 0 Å². The van der Waals surface area contributed by atoms with Gasteiger partial charge in [0.25, 0.3) is 0 Å². The first kappa shape index (κ1) is 12.9. The van der Waals surface area contributed by atoms with Crippen molar-refractivity contribution in [1.29, 1.82) is 0 Å². The lowest BCUT2D eigenvalue weighted by Gasteiger charge is -2.27. The maximum atomic E-state index is 12.0. The Morgan fingerprint density at radius 2 is 2.22 bits per heavy atom. The molecule has 1 aliphatic rings. The highest BCUT2D eigenvalue weighted by molar-refractivity contribution is 5.93. The van der Waals surface area contributed by atoms with Crippen LogP contribution in [0.5, 0.6) is 0 Å². The third-order valence-electron chi connectivity index (χ3n) is 3.35. The Balaban J connectivity index is 1.99. The molecule has 0 bridgehead atoms. The van der Waals surface area contributed by atoms with Crippen LogP contribution in [0.25, 0.3) is 0 Å². The van der Waals surface area contributed by atoms with Crippen LogP contribution in [0.1, 0.15) is 36.2 Å². The highest BCUT2D eigenvalue weighted by Gasteiger charge is 2.26. The van der Waals surface area contributed by atoms with Crippen LogP contribution in [0.15, 0.2) is 6.20 Å². The fraction of sp³-hybridized carbons (Fsp3) is 0.667. The summed E-state index contributed by atoms with van der Waals surface area (Å²) in [6, 6.07) is 0. The molecule has 1 heterocycles. The molecule has 0 radical (unpaired) electrons. The SMILES string of the molecule is COC1CCCC(OC(=O)c2c(N)cnn2C)C1. The van der Waals surface area contributed by atoms with Gasteiger partial charge in [0.15, 0.2) is 5.69 Å². The Morgan fingerprint density at radius 1 is 1.50 bits per heavy atom. The van der Waals surface area contributed by atoms with E-state index < -0.39 is 5.97 Å². The van der Waals surface area contributed by atoms with Crippen molar-refractivity contribution < 1.29 is 14.3 Å². The quantitative estimate of drug-likeness (QED) is 0.816. The van der Waals surface area contributed by atoms with Crippen LogP contribution in [0, 0.1) is 0 Å². The lowest BCUT2D eigenvalue weighted by Crippen LogP contribution is -2.30. The molecule has 1 saturated carbocycles. The number of rotatable bonds is 3. The minimum Gasteiger partial charge on any atom is -0.458 e. The molecule has 0 aliphatic heterocycles. The van der Waals surface area contributed by atoms with Crippen LogP contribution < -0.4 is 5.73 Å². The Morgan fingerprint density at radius 3 is 2.83 bits per heavy atom. The largest absolute Gasteiger partial charge is 0.458 e. The van der Waals surface area contributed by atoms with Crippen LogP contribution >= 0.6 is 0 Å². The van der Waals surface area contributed by atoms with Crippen LogP contribution in [-0.2, 0) is 16.5 Å². The molecule has 18 heavy (non-hydrogen) atoms. The van der Waals surface area contributed by atoms with Gasteiger partial charge in [0, 0.05) is 20.6 Å². The van der Waals surface area contributed by atoms with Gasteiger partial charge in [0.1, 0.15) is 6.10 Å². The summed E-state index contributed by atoms with van der Waals surface area (Å²) < 4.78 is 12.2. The van der Waals surface area contributed by atoms with Crippen LogP contribution in [0.2, 0.25) is 0 Å². The Bertz CT molecular complexity index is 411. The molecule has 0 amide bonds. The van der Waals surface area contributed by atoms with E-state index in [1.807, 2.05) is 0 Å². The van der Waals surface area contributed by atoms with Gasteiger partial charge in [-0.2, -0.15) is 5.10 Å². The van der Waals surface area contributed by atoms with Gasteiger partial charge < -0.3 is 15.2 Å². The number of carbonyl (C=O) groups is 1. The number of nitrogens with two attached hydrogens (primary N) is 1. The first-order chi connectivity index (χ1) is 8.61. The summed E-state index contributed by atoms with van der Waals surface area (Å²) in [6.45, 7) is 0. The topological polar surface area (TPSA) is 79.4 Å². The zero-order valence-corrected chi connectivity index (χ0v) is 10.8. The predicted molar refractivity (Wildman–Crippen MR) is 66.1 cm³/mol. The van der Waals surface area contributed by atoms with E-state index in [0.29, 0.717) is 11.4 Å². The van der Waals surface area contributed by atoms with Gasteiger partial charge in [-0.1, -0.05) is 0 Å². The number of hydrogen-bond donors (Lipinski definition) is 1. The number of nitrogens with zero attached hydrogens (tertiary/aromatic N) is 2. The summed E-state index contributed by atoms with van der Waals surface area (Å²) in [5, 5.41) is 3.93. The minimum atomic E-state index is -0.408. The van der Waals surface area contributed by atoms with E-state index in [1.165, 1.54) is 10.9 Å². The maximum absolute atomic E-state index is 12.0. The van der Waals surface area contributed by atoms with Crippen molar-refractivity contribution in [3.63, 3.8) is 0 Å². The van der Waals surface area contributed by atoms with E-state index in [0.717, 1.165) is 25.7 Å². The van der Waals surface area contributed by atoms with Crippen LogP contribution in [0.3, 0.4) is 0 Å². The fourth-order valence-electron chi connectivity index (χ4n) is 2.33. The first-order valence-corrected chi connectivity index (χ1v) is 6.13. The van der Waals surface area contributed by atoms with E-state index in [1.54, 1.807) is 14.2 Å². The monoisotopic (exact) mass is 253 g/mol. The predicted octanol–water partition coefficient (Wildman–Crippen LogP) is 1.12. The zero-order valence-electron chi connectivity index (χ0n) is 10.8. The Labute approximate surface area is 106 Å². The number of carbonyl (C=O) groups excluding carboxylic acids is 1. The summed E-state index contributed by atoms with van der Waals surface area (Å²) in [4.78, 5) is 12.0. The average Bonchev–Trinajstić information content (AvgIpc) is 2.69. The fourth-order valence-corrected chi connectivity index (χ4v) is 2.33. The van der Waals surface area contributed by atoms with Gasteiger partial charge in [-0.15, -0.1) is 0 Å². The van der Waals surface area contributed by atoms with Crippen molar-refractivity contribution in [2.75, 3.05) is 12.8 Å². The molecule has 1 aliphatic carbocycles. The molecule has 2 rings (SSSR count). The van der Waals surface area contributed by atoms with Gasteiger partial charge >= 0.3 is 5.97 Å². The molecular formula is C12H19N3O3. The number of hydrogen-bond acceptors (Lipinski definition) is 5. The molecule has 6 nitrogen and oxygen atoms in total. The number of nitrogen functional groups attached to an aromatic ring is 1. The molecule has 2 unspecified atom stereocenters. The molecule has 100 valence electrons. The minimum absolute atomic E-state index is 0.0921. The van der Waals surface area contributed by atoms with Crippen molar-refractivity contribution in [3.8, 4) is 0 Å². The van der Waals surface area contributed by atoms with Crippen molar-refractivity contribution in [2.45, 2.75) is 37.9 Å². The number of aryl methyl sites for hydroxylation is 1. The molecule has 1 aromatic rings. The molecule has 6 heteroatoms. The molecule has 0 aromatic carbocycles. The molecule has 2 atom stereocenters. The van der Waals surface area contributed by atoms with Gasteiger partial charge in [-0.05, 0) is 19.3 Å². The smallest absolute Gasteiger partial charge is 0.359 e. The van der Waals surface area contributed by atoms with Crippen LogP contribution in [-0.4, -0.2) is 35.1 Å². The highest BCUT2D eigenvalue weighted by atomic mass is 16.5. The third-order valence-corrected chi connectivity index (χ3v) is 3.35. The average molecular weight is 253 g/mol. The van der Waals surface area contributed by atoms with E-state index in [4.69, 9.17) is 15.2 Å². The van der Waals surface area contributed by atoms with Crippen molar-refractivity contribution in [1.82, 2.24) is 9.78 Å². The summed E-state index contributed by atoms with van der Waals surface area (Å²) in [5.74, 6) is -0.408. The number of esters is 1. The van der Waals surface area contributed by atoms with E-state index in [-0.39, 0.29) is 12.2 Å². The molecule has 1 fully saturated rings. The molecule has 2 N–H and O–H groups in total. The van der Waals surface area contributed by atoms with Gasteiger partial charge in [0.05, 0.1) is 18.0 Å². The van der Waals surface area contributed by atoms with Gasteiger partial charge in [-0.3, -0.25) is 4.68 Å². The van der Waals surface area contributed by atoms with E-state index in [2.05, 4.69) is 5.10 Å². The number of ether oxygens (including phenoxy) is 2. The number of anilines is 1. The zero-order chi connectivity index (χ0) is 13.1.